The molecule has 0 unspecified atom stereocenters. The molecule has 7 heteroatoms. The summed E-state index contributed by atoms with van der Waals surface area (Å²) < 4.78 is 12.9. The van der Waals surface area contributed by atoms with Crippen LogP contribution in [0.1, 0.15) is 10.5 Å². The Labute approximate surface area is 131 Å². The van der Waals surface area contributed by atoms with E-state index in [1.165, 1.54) is 30.5 Å². The van der Waals surface area contributed by atoms with Crippen molar-refractivity contribution in [3.05, 3.63) is 66.5 Å². The number of anilines is 2. The van der Waals surface area contributed by atoms with E-state index >= 15 is 0 Å². The van der Waals surface area contributed by atoms with Crippen molar-refractivity contribution in [1.29, 1.82) is 0 Å². The Hall–Kier alpha value is -3.35. The first-order valence-electron chi connectivity index (χ1n) is 6.73. The fourth-order valence-corrected chi connectivity index (χ4v) is 1.94. The van der Waals surface area contributed by atoms with Crippen molar-refractivity contribution in [2.75, 3.05) is 11.1 Å². The summed E-state index contributed by atoms with van der Waals surface area (Å²) in [5.41, 5.74) is 7.37. The number of nitrogens with zero attached hydrogens (tertiary/aromatic N) is 3. The quantitative estimate of drug-likeness (QED) is 0.775. The van der Waals surface area contributed by atoms with Gasteiger partial charge in [0.25, 0.3) is 5.91 Å². The van der Waals surface area contributed by atoms with Gasteiger partial charge in [0, 0.05) is 23.6 Å². The molecule has 0 atom stereocenters. The minimum Gasteiger partial charge on any atom is -0.382 e. The SMILES string of the molecule is Nc1ncc(-c2cccnc2)nc1C(=O)Nc1ccc(F)cc1. The van der Waals surface area contributed by atoms with Gasteiger partial charge in [-0.3, -0.25) is 9.78 Å². The molecular formula is C16H12FN5O. The molecule has 3 rings (SSSR count). The molecule has 2 aromatic heterocycles. The number of carbonyl (C=O) groups is 1. The summed E-state index contributed by atoms with van der Waals surface area (Å²) >= 11 is 0. The second-order valence-electron chi connectivity index (χ2n) is 4.69. The van der Waals surface area contributed by atoms with Crippen LogP contribution < -0.4 is 11.1 Å². The molecule has 0 spiro atoms. The highest BCUT2D eigenvalue weighted by atomic mass is 19.1. The number of nitrogens with one attached hydrogen (secondary N) is 1. The van der Waals surface area contributed by atoms with Crippen LogP contribution in [-0.4, -0.2) is 20.9 Å². The van der Waals surface area contributed by atoms with Gasteiger partial charge in [-0.05, 0) is 36.4 Å². The summed E-state index contributed by atoms with van der Waals surface area (Å²) in [4.78, 5) is 24.5. The van der Waals surface area contributed by atoms with Crippen LogP contribution in [0.4, 0.5) is 15.9 Å². The summed E-state index contributed by atoms with van der Waals surface area (Å²) in [5, 5.41) is 2.60. The first kappa shape index (κ1) is 14.6. The van der Waals surface area contributed by atoms with Crippen LogP contribution in [0.3, 0.4) is 0 Å². The largest absolute Gasteiger partial charge is 0.382 e. The number of hydrogen-bond donors (Lipinski definition) is 2. The Bertz CT molecular complexity index is 837. The lowest BCUT2D eigenvalue weighted by atomic mass is 10.2. The number of nitrogens with two attached hydrogens (primary N) is 1. The Morgan fingerprint density at radius 1 is 1.13 bits per heavy atom. The summed E-state index contributed by atoms with van der Waals surface area (Å²) in [6, 6.07) is 8.94. The predicted molar refractivity (Wildman–Crippen MR) is 84.0 cm³/mol. The summed E-state index contributed by atoms with van der Waals surface area (Å²) in [5.74, 6) is -0.898. The Balaban J connectivity index is 1.89. The molecule has 0 radical (unpaired) electrons. The van der Waals surface area contributed by atoms with E-state index in [2.05, 4.69) is 20.3 Å². The molecule has 3 aromatic rings. The summed E-state index contributed by atoms with van der Waals surface area (Å²) in [6.07, 6.45) is 4.72. The molecule has 0 aliphatic carbocycles. The highest BCUT2D eigenvalue weighted by Crippen LogP contribution is 2.18. The van der Waals surface area contributed by atoms with Crippen LogP contribution in [0, 0.1) is 5.82 Å². The predicted octanol–water partition coefficient (Wildman–Crippen LogP) is 2.51. The Kier molecular flexibility index (Phi) is 3.92. The zero-order valence-corrected chi connectivity index (χ0v) is 11.9. The van der Waals surface area contributed by atoms with Gasteiger partial charge in [0.15, 0.2) is 11.5 Å². The average molecular weight is 309 g/mol. The van der Waals surface area contributed by atoms with Gasteiger partial charge in [-0.15, -0.1) is 0 Å². The number of hydrogen-bond acceptors (Lipinski definition) is 5. The van der Waals surface area contributed by atoms with Gasteiger partial charge in [0.1, 0.15) is 5.82 Å². The lowest BCUT2D eigenvalue weighted by molar-refractivity contribution is 0.102. The summed E-state index contributed by atoms with van der Waals surface area (Å²) in [7, 11) is 0. The van der Waals surface area contributed by atoms with Crippen molar-refractivity contribution >= 4 is 17.4 Å². The third-order valence-electron chi connectivity index (χ3n) is 3.08. The molecule has 0 fully saturated rings. The number of nitrogen functional groups attached to an aromatic ring is 1. The Morgan fingerprint density at radius 3 is 2.61 bits per heavy atom. The maximum Gasteiger partial charge on any atom is 0.278 e. The van der Waals surface area contributed by atoms with Gasteiger partial charge >= 0.3 is 0 Å². The van der Waals surface area contributed by atoms with Crippen molar-refractivity contribution in [3.8, 4) is 11.3 Å². The van der Waals surface area contributed by atoms with E-state index in [4.69, 9.17) is 5.73 Å². The molecule has 2 heterocycles. The fourth-order valence-electron chi connectivity index (χ4n) is 1.94. The number of rotatable bonds is 3. The maximum absolute atomic E-state index is 12.9. The van der Waals surface area contributed by atoms with E-state index in [-0.39, 0.29) is 17.3 Å². The molecular weight excluding hydrogens is 297 g/mol. The minimum atomic E-state index is -0.521. The van der Waals surface area contributed by atoms with Crippen molar-refractivity contribution in [3.63, 3.8) is 0 Å². The van der Waals surface area contributed by atoms with Crippen LogP contribution in [0.15, 0.2) is 55.0 Å². The van der Waals surface area contributed by atoms with Gasteiger partial charge in [-0.25, -0.2) is 14.4 Å². The molecule has 1 amide bonds. The van der Waals surface area contributed by atoms with Crippen molar-refractivity contribution in [1.82, 2.24) is 15.0 Å². The van der Waals surface area contributed by atoms with E-state index in [9.17, 15) is 9.18 Å². The maximum atomic E-state index is 12.9. The van der Waals surface area contributed by atoms with Crippen LogP contribution in [0.25, 0.3) is 11.3 Å². The average Bonchev–Trinajstić information content (AvgIpc) is 2.58. The topological polar surface area (TPSA) is 93.8 Å². The van der Waals surface area contributed by atoms with Gasteiger partial charge in [-0.1, -0.05) is 0 Å². The normalized spacial score (nSPS) is 10.3. The standard InChI is InChI=1S/C16H12FN5O/c17-11-3-5-12(6-4-11)21-16(23)14-15(18)20-9-13(22-14)10-2-1-7-19-8-10/h1-9H,(H2,18,20)(H,21,23). The third kappa shape index (κ3) is 3.29. The molecule has 23 heavy (non-hydrogen) atoms. The monoisotopic (exact) mass is 309 g/mol. The van der Waals surface area contributed by atoms with E-state index in [0.29, 0.717) is 11.4 Å². The first-order valence-corrected chi connectivity index (χ1v) is 6.73. The molecule has 0 saturated carbocycles. The lowest BCUT2D eigenvalue weighted by Crippen LogP contribution is -2.17. The van der Waals surface area contributed by atoms with E-state index in [0.717, 1.165) is 5.56 Å². The molecule has 0 bridgehead atoms. The molecule has 0 aliphatic heterocycles. The number of amides is 1. The van der Waals surface area contributed by atoms with Crippen molar-refractivity contribution in [2.45, 2.75) is 0 Å². The molecule has 1 aromatic carbocycles. The minimum absolute atomic E-state index is 0.00400. The molecule has 3 N–H and O–H groups in total. The second-order valence-corrected chi connectivity index (χ2v) is 4.69. The van der Waals surface area contributed by atoms with Crippen LogP contribution >= 0.6 is 0 Å². The molecule has 0 saturated heterocycles. The number of halogens is 1. The molecule has 0 aliphatic rings. The van der Waals surface area contributed by atoms with E-state index < -0.39 is 5.91 Å². The first-order chi connectivity index (χ1) is 11.1. The number of benzene rings is 1. The van der Waals surface area contributed by atoms with Crippen molar-refractivity contribution < 1.29 is 9.18 Å². The van der Waals surface area contributed by atoms with Crippen LogP contribution in [0.2, 0.25) is 0 Å². The van der Waals surface area contributed by atoms with E-state index in [1.54, 1.807) is 24.5 Å². The Morgan fingerprint density at radius 2 is 1.91 bits per heavy atom. The van der Waals surface area contributed by atoms with E-state index in [1.807, 2.05) is 0 Å². The van der Waals surface area contributed by atoms with Gasteiger partial charge < -0.3 is 11.1 Å². The highest BCUT2D eigenvalue weighted by molar-refractivity contribution is 6.05. The highest BCUT2D eigenvalue weighted by Gasteiger charge is 2.15. The molecule has 114 valence electrons. The van der Waals surface area contributed by atoms with Crippen LogP contribution in [-0.2, 0) is 0 Å². The lowest BCUT2D eigenvalue weighted by Gasteiger charge is -2.08. The van der Waals surface area contributed by atoms with Gasteiger partial charge in [0.05, 0.1) is 11.9 Å². The number of aromatic nitrogens is 3. The zero-order chi connectivity index (χ0) is 16.2. The number of pyridine rings is 1. The summed E-state index contributed by atoms with van der Waals surface area (Å²) in [6.45, 7) is 0. The number of carbonyl (C=O) groups excluding carboxylic acids is 1. The van der Waals surface area contributed by atoms with Crippen molar-refractivity contribution in [2.24, 2.45) is 0 Å². The fraction of sp³-hybridized carbons (Fsp3) is 0. The second kappa shape index (κ2) is 6.18. The van der Waals surface area contributed by atoms with Crippen LogP contribution in [0.5, 0.6) is 0 Å². The third-order valence-corrected chi connectivity index (χ3v) is 3.08. The van der Waals surface area contributed by atoms with Gasteiger partial charge in [0.2, 0.25) is 0 Å². The smallest absolute Gasteiger partial charge is 0.278 e. The van der Waals surface area contributed by atoms with Gasteiger partial charge in [-0.2, -0.15) is 0 Å². The zero-order valence-electron chi connectivity index (χ0n) is 11.9. The molecule has 6 nitrogen and oxygen atoms in total.